The van der Waals surface area contributed by atoms with E-state index in [0.29, 0.717) is 22.0 Å². The molecule has 3 aromatic rings. The summed E-state index contributed by atoms with van der Waals surface area (Å²) in [5.74, 6) is 1.32. The van der Waals surface area contributed by atoms with Crippen LogP contribution < -0.4 is 14.8 Å². The van der Waals surface area contributed by atoms with Crippen molar-refractivity contribution in [2.45, 2.75) is 51.4 Å². The molecule has 1 aromatic heterocycles. The fourth-order valence-electron chi connectivity index (χ4n) is 4.28. The maximum atomic E-state index is 12.8. The maximum absolute atomic E-state index is 12.8. The van der Waals surface area contributed by atoms with Gasteiger partial charge in [0.25, 0.3) is 5.79 Å². The van der Waals surface area contributed by atoms with Crippen LogP contribution in [0.4, 0.5) is 5.69 Å². The molecule has 7 nitrogen and oxygen atoms in total. The molecule has 0 unspecified atom stereocenters. The average Bonchev–Trinajstić information content (AvgIpc) is 3.28. The number of aromatic amines is 1. The van der Waals surface area contributed by atoms with Crippen LogP contribution in [0.2, 0.25) is 0 Å². The molecule has 0 radical (unpaired) electrons. The van der Waals surface area contributed by atoms with Crippen LogP contribution >= 0.6 is 12.2 Å². The van der Waals surface area contributed by atoms with Crippen molar-refractivity contribution in [3.05, 3.63) is 52.8 Å². The molecule has 1 aliphatic heterocycles. The molecule has 5 rings (SSSR count). The van der Waals surface area contributed by atoms with Crippen molar-refractivity contribution in [1.82, 2.24) is 14.8 Å². The number of benzene rings is 2. The summed E-state index contributed by atoms with van der Waals surface area (Å²) in [6.07, 6.45) is 5.21. The molecule has 31 heavy (non-hydrogen) atoms. The van der Waals surface area contributed by atoms with Gasteiger partial charge in [-0.15, -0.1) is 0 Å². The Hall–Kier alpha value is -3.13. The lowest BCUT2D eigenvalue weighted by molar-refractivity contribution is -0.116. The monoisotopic (exact) mass is 436 g/mol. The minimum absolute atomic E-state index is 0.0526. The largest absolute Gasteiger partial charge is 0.448 e. The second kappa shape index (κ2) is 7.85. The van der Waals surface area contributed by atoms with E-state index in [1.54, 1.807) is 4.57 Å². The van der Waals surface area contributed by atoms with Gasteiger partial charge >= 0.3 is 0 Å². The Bertz CT molecular complexity index is 1190. The molecule has 0 saturated heterocycles. The highest BCUT2D eigenvalue weighted by Gasteiger charge is 2.42. The molecule has 1 aliphatic carbocycles. The lowest BCUT2D eigenvalue weighted by Crippen LogP contribution is -2.40. The molecular formula is C23H24N4O3S. The van der Waals surface area contributed by atoms with Crippen molar-refractivity contribution < 1.29 is 14.3 Å². The number of fused-ring (bicyclic) bond motifs is 1. The third-order valence-electron chi connectivity index (χ3n) is 5.77. The summed E-state index contributed by atoms with van der Waals surface area (Å²) in [7, 11) is 0. The summed E-state index contributed by atoms with van der Waals surface area (Å²) in [6, 6.07) is 13.4. The van der Waals surface area contributed by atoms with Gasteiger partial charge < -0.3 is 14.8 Å². The van der Waals surface area contributed by atoms with Crippen molar-refractivity contribution >= 4 is 23.8 Å². The summed E-state index contributed by atoms with van der Waals surface area (Å²) in [4.78, 5) is 12.8. The van der Waals surface area contributed by atoms with Crippen LogP contribution in [-0.4, -0.2) is 26.5 Å². The zero-order chi connectivity index (χ0) is 21.4. The summed E-state index contributed by atoms with van der Waals surface area (Å²) in [5.41, 5.74) is 2.67. The zero-order valence-electron chi connectivity index (χ0n) is 17.3. The quantitative estimate of drug-likeness (QED) is 0.564. The number of carbonyl (C=O) groups is 1. The average molecular weight is 437 g/mol. The standard InChI is InChI=1S/C23H24N4O3S/c1-15-6-5-7-16(12-15)21-25-26-22(31)27(21)14-20(28)24-17-8-9-18-19(13-17)30-23(29-18)10-3-2-4-11-23/h5-9,12-13H,2-4,10-11,14H2,1H3,(H,24,28)(H,26,31). The van der Waals surface area contributed by atoms with Crippen molar-refractivity contribution in [3.8, 4) is 22.9 Å². The number of aryl methyl sites for hydroxylation is 1. The van der Waals surface area contributed by atoms with Gasteiger partial charge in [0.05, 0.1) is 0 Å². The summed E-state index contributed by atoms with van der Waals surface area (Å²) in [5, 5.41) is 10.0. The topological polar surface area (TPSA) is 81.2 Å². The first-order valence-electron chi connectivity index (χ1n) is 10.6. The second-order valence-electron chi connectivity index (χ2n) is 8.19. The van der Waals surface area contributed by atoms with E-state index in [2.05, 4.69) is 15.5 Å². The van der Waals surface area contributed by atoms with Gasteiger partial charge in [-0.1, -0.05) is 30.2 Å². The molecule has 160 valence electrons. The van der Waals surface area contributed by atoms with Gasteiger partial charge in [0.1, 0.15) is 6.54 Å². The molecule has 1 fully saturated rings. The molecule has 2 N–H and O–H groups in total. The highest BCUT2D eigenvalue weighted by atomic mass is 32.1. The first-order chi connectivity index (χ1) is 15.0. The number of amides is 1. The number of anilines is 1. The molecule has 2 heterocycles. The van der Waals surface area contributed by atoms with E-state index in [1.165, 1.54) is 6.42 Å². The van der Waals surface area contributed by atoms with Crippen molar-refractivity contribution in [3.63, 3.8) is 0 Å². The van der Waals surface area contributed by atoms with Crippen LogP contribution in [0.5, 0.6) is 11.5 Å². The van der Waals surface area contributed by atoms with E-state index in [4.69, 9.17) is 21.7 Å². The number of nitrogens with zero attached hydrogens (tertiary/aromatic N) is 2. The van der Waals surface area contributed by atoms with E-state index < -0.39 is 5.79 Å². The molecular weight excluding hydrogens is 412 g/mol. The van der Waals surface area contributed by atoms with Crippen LogP contribution in [0.15, 0.2) is 42.5 Å². The Morgan fingerprint density at radius 3 is 2.77 bits per heavy atom. The first-order valence-corrected chi connectivity index (χ1v) is 11.0. The van der Waals surface area contributed by atoms with Crippen molar-refractivity contribution in [1.29, 1.82) is 0 Å². The number of hydrogen-bond acceptors (Lipinski definition) is 5. The summed E-state index contributed by atoms with van der Waals surface area (Å²) >= 11 is 5.35. The number of rotatable bonds is 4. The SMILES string of the molecule is Cc1cccc(-c2n[nH]c(=S)n2CC(=O)Nc2ccc3c(c2)OC2(CCCCC2)O3)c1. The van der Waals surface area contributed by atoms with E-state index in [0.717, 1.165) is 42.6 Å². The van der Waals surface area contributed by atoms with Gasteiger partial charge in [-0.2, -0.15) is 5.10 Å². The van der Waals surface area contributed by atoms with Gasteiger partial charge in [-0.3, -0.25) is 14.5 Å². The third kappa shape index (κ3) is 3.95. The highest BCUT2D eigenvalue weighted by Crippen LogP contribution is 2.46. The maximum Gasteiger partial charge on any atom is 0.251 e. The lowest BCUT2D eigenvalue weighted by Gasteiger charge is -2.31. The van der Waals surface area contributed by atoms with E-state index in [1.807, 2.05) is 49.4 Å². The Kier molecular flexibility index (Phi) is 5.02. The molecule has 1 spiro atoms. The number of hydrogen-bond donors (Lipinski definition) is 2. The minimum Gasteiger partial charge on any atom is -0.448 e. The molecule has 1 amide bonds. The minimum atomic E-state index is -0.532. The van der Waals surface area contributed by atoms with Crippen LogP contribution in [0.3, 0.4) is 0 Å². The Morgan fingerprint density at radius 2 is 1.97 bits per heavy atom. The van der Waals surface area contributed by atoms with E-state index >= 15 is 0 Å². The molecule has 8 heteroatoms. The van der Waals surface area contributed by atoms with Gasteiger partial charge in [0, 0.05) is 30.2 Å². The first kappa shape index (κ1) is 19.8. The number of H-pyrrole nitrogens is 1. The predicted octanol–water partition coefficient (Wildman–Crippen LogP) is 4.99. The second-order valence-corrected chi connectivity index (χ2v) is 8.58. The Balaban J connectivity index is 1.31. The number of ether oxygens (including phenoxy) is 2. The predicted molar refractivity (Wildman–Crippen MR) is 120 cm³/mol. The fourth-order valence-corrected chi connectivity index (χ4v) is 4.48. The van der Waals surface area contributed by atoms with Gasteiger partial charge in [0.15, 0.2) is 22.1 Å². The van der Waals surface area contributed by atoms with Gasteiger partial charge in [0.2, 0.25) is 5.91 Å². The molecule has 1 saturated carbocycles. The number of aromatic nitrogens is 3. The van der Waals surface area contributed by atoms with Crippen LogP contribution in [0.25, 0.3) is 11.4 Å². The van der Waals surface area contributed by atoms with E-state index in [9.17, 15) is 4.79 Å². The zero-order valence-corrected chi connectivity index (χ0v) is 18.1. The van der Waals surface area contributed by atoms with Crippen LogP contribution in [0.1, 0.15) is 37.7 Å². The normalized spacial score (nSPS) is 16.4. The molecule has 0 atom stereocenters. The molecule has 2 aromatic carbocycles. The number of nitrogens with one attached hydrogen (secondary N) is 2. The Morgan fingerprint density at radius 1 is 1.16 bits per heavy atom. The van der Waals surface area contributed by atoms with Gasteiger partial charge in [-0.25, -0.2) is 0 Å². The highest BCUT2D eigenvalue weighted by molar-refractivity contribution is 7.71. The molecule has 2 aliphatic rings. The number of carbonyl (C=O) groups excluding carboxylic acids is 1. The summed E-state index contributed by atoms with van der Waals surface area (Å²) in [6.45, 7) is 2.07. The Labute approximate surface area is 185 Å². The van der Waals surface area contributed by atoms with E-state index in [-0.39, 0.29) is 12.5 Å². The van der Waals surface area contributed by atoms with Crippen molar-refractivity contribution in [2.24, 2.45) is 0 Å². The van der Waals surface area contributed by atoms with Crippen molar-refractivity contribution in [2.75, 3.05) is 5.32 Å². The van der Waals surface area contributed by atoms with Crippen LogP contribution in [0, 0.1) is 11.7 Å². The third-order valence-corrected chi connectivity index (χ3v) is 6.08. The smallest absolute Gasteiger partial charge is 0.251 e. The summed E-state index contributed by atoms with van der Waals surface area (Å²) < 4.78 is 14.4. The molecule has 0 bridgehead atoms. The van der Waals surface area contributed by atoms with Crippen LogP contribution in [-0.2, 0) is 11.3 Å². The lowest BCUT2D eigenvalue weighted by atomic mass is 9.94. The van der Waals surface area contributed by atoms with Gasteiger partial charge in [-0.05, 0) is 50.2 Å². The fraction of sp³-hybridized carbons (Fsp3) is 0.348.